The molecular formula is C16H21ClN4O2. The molecule has 2 atom stereocenters. The molecule has 23 heavy (non-hydrogen) atoms. The molecule has 0 unspecified atom stereocenters. The number of piperazine rings is 1. The lowest BCUT2D eigenvalue weighted by Crippen LogP contribution is -2.61. The second kappa shape index (κ2) is 6.02. The summed E-state index contributed by atoms with van der Waals surface area (Å²) in [5.74, 6) is -0.192. The number of nitrogens with one attached hydrogen (secondary N) is 1. The second-order valence-electron chi connectivity index (χ2n) is 6.40. The number of benzene rings is 1. The molecular weight excluding hydrogens is 316 g/mol. The zero-order valence-electron chi connectivity index (χ0n) is 13.5. The van der Waals surface area contributed by atoms with Gasteiger partial charge in [0.2, 0.25) is 5.91 Å². The summed E-state index contributed by atoms with van der Waals surface area (Å²) in [4.78, 5) is 30.7. The molecule has 0 saturated carbocycles. The van der Waals surface area contributed by atoms with Crippen LogP contribution in [-0.4, -0.2) is 60.5 Å². The van der Waals surface area contributed by atoms with E-state index in [4.69, 9.17) is 11.6 Å². The topological polar surface area (TPSA) is 55.9 Å². The minimum Gasteiger partial charge on any atom is -0.323 e. The summed E-state index contributed by atoms with van der Waals surface area (Å²) in [5, 5.41) is 3.33. The molecule has 6 nitrogen and oxygen atoms in total. The van der Waals surface area contributed by atoms with Crippen molar-refractivity contribution in [1.82, 2.24) is 9.80 Å². The average Bonchev–Trinajstić information content (AvgIpc) is 2.45. The Kier molecular flexibility index (Phi) is 4.21. The number of hydrogen-bond acceptors (Lipinski definition) is 3. The van der Waals surface area contributed by atoms with Crippen LogP contribution in [0.3, 0.4) is 0 Å². The maximum atomic E-state index is 13.1. The molecule has 0 aromatic heterocycles. The molecule has 2 heterocycles. The number of rotatable bonds is 0. The first-order valence-electron chi connectivity index (χ1n) is 7.74. The number of nitrogens with zero attached hydrogens (tertiary/aromatic N) is 3. The molecule has 1 aromatic rings. The van der Waals surface area contributed by atoms with Crippen LogP contribution in [0.1, 0.15) is 13.8 Å². The minimum absolute atomic E-state index is 0.0119. The summed E-state index contributed by atoms with van der Waals surface area (Å²) < 4.78 is 0. The number of amides is 3. The van der Waals surface area contributed by atoms with Crippen LogP contribution >= 0.6 is 11.6 Å². The van der Waals surface area contributed by atoms with Gasteiger partial charge < -0.3 is 15.1 Å². The van der Waals surface area contributed by atoms with Crippen molar-refractivity contribution in [2.75, 3.05) is 36.9 Å². The minimum atomic E-state index is -0.192. The van der Waals surface area contributed by atoms with Gasteiger partial charge in [-0.05, 0) is 39.1 Å². The number of urea groups is 1. The second-order valence-corrected chi connectivity index (χ2v) is 6.84. The van der Waals surface area contributed by atoms with Gasteiger partial charge in [-0.1, -0.05) is 11.6 Å². The Morgan fingerprint density at radius 2 is 1.91 bits per heavy atom. The summed E-state index contributed by atoms with van der Waals surface area (Å²) in [6, 6.07) is 5.19. The lowest BCUT2D eigenvalue weighted by molar-refractivity contribution is -0.115. The number of hydrogen-bond donors (Lipinski definition) is 1. The van der Waals surface area contributed by atoms with E-state index in [9.17, 15) is 9.59 Å². The van der Waals surface area contributed by atoms with E-state index in [0.29, 0.717) is 16.4 Å². The standard InChI is InChI=1S/C16H21ClN4O2/c1-10-7-19(3)8-11(2)21(10)16(23)20-9-15(22)18-13-5-4-12(17)6-14(13)20/h4-6,10-11H,7-9H2,1-3H3,(H,18,22)/t10-,11+. The predicted molar refractivity (Wildman–Crippen MR) is 91.1 cm³/mol. The highest BCUT2D eigenvalue weighted by Gasteiger charge is 2.37. The van der Waals surface area contributed by atoms with Gasteiger partial charge in [0, 0.05) is 30.2 Å². The summed E-state index contributed by atoms with van der Waals surface area (Å²) in [7, 11) is 2.05. The van der Waals surface area contributed by atoms with Crippen LogP contribution in [0.4, 0.5) is 16.2 Å². The zero-order valence-corrected chi connectivity index (χ0v) is 14.3. The molecule has 0 aliphatic carbocycles. The van der Waals surface area contributed by atoms with Crippen molar-refractivity contribution in [3.05, 3.63) is 23.2 Å². The maximum Gasteiger partial charge on any atom is 0.325 e. The Bertz CT molecular complexity index is 639. The van der Waals surface area contributed by atoms with Crippen LogP contribution in [0.5, 0.6) is 0 Å². The monoisotopic (exact) mass is 336 g/mol. The van der Waals surface area contributed by atoms with E-state index in [1.54, 1.807) is 18.2 Å². The van der Waals surface area contributed by atoms with Gasteiger partial charge >= 0.3 is 6.03 Å². The molecule has 3 rings (SSSR count). The highest BCUT2D eigenvalue weighted by atomic mass is 35.5. The Balaban J connectivity index is 1.93. The smallest absolute Gasteiger partial charge is 0.323 e. The first kappa shape index (κ1) is 16.1. The van der Waals surface area contributed by atoms with Crippen LogP contribution in [0.25, 0.3) is 0 Å². The quantitative estimate of drug-likeness (QED) is 0.790. The molecule has 0 radical (unpaired) electrons. The van der Waals surface area contributed by atoms with Gasteiger partial charge in [0.15, 0.2) is 0 Å². The van der Waals surface area contributed by atoms with Crippen LogP contribution in [0, 0.1) is 0 Å². The summed E-state index contributed by atoms with van der Waals surface area (Å²) in [5.41, 5.74) is 1.27. The van der Waals surface area contributed by atoms with Crippen molar-refractivity contribution >= 4 is 34.9 Å². The normalized spacial score (nSPS) is 25.1. The van der Waals surface area contributed by atoms with Crippen LogP contribution in [0.15, 0.2) is 18.2 Å². The van der Waals surface area contributed by atoms with Crippen molar-refractivity contribution in [2.45, 2.75) is 25.9 Å². The van der Waals surface area contributed by atoms with Gasteiger partial charge in [-0.25, -0.2) is 4.79 Å². The highest BCUT2D eigenvalue weighted by Crippen LogP contribution is 2.33. The third kappa shape index (κ3) is 3.01. The summed E-state index contributed by atoms with van der Waals surface area (Å²) >= 11 is 6.07. The lowest BCUT2D eigenvalue weighted by Gasteiger charge is -2.45. The highest BCUT2D eigenvalue weighted by molar-refractivity contribution is 6.31. The van der Waals surface area contributed by atoms with Gasteiger partial charge in [-0.2, -0.15) is 0 Å². The van der Waals surface area contributed by atoms with E-state index in [2.05, 4.69) is 17.3 Å². The van der Waals surface area contributed by atoms with Gasteiger partial charge in [-0.15, -0.1) is 0 Å². The third-order valence-electron chi connectivity index (χ3n) is 4.38. The SMILES string of the molecule is C[C@@H]1CN(C)C[C@H](C)N1C(=O)N1CC(=O)Nc2ccc(Cl)cc21. The van der Waals surface area contributed by atoms with E-state index >= 15 is 0 Å². The fraction of sp³-hybridized carbons (Fsp3) is 0.500. The molecule has 0 bridgehead atoms. The number of anilines is 2. The molecule has 2 aliphatic rings. The van der Waals surface area contributed by atoms with Crippen molar-refractivity contribution in [3.63, 3.8) is 0 Å². The maximum absolute atomic E-state index is 13.1. The molecule has 1 saturated heterocycles. The Morgan fingerprint density at radius 3 is 2.57 bits per heavy atom. The average molecular weight is 337 g/mol. The van der Waals surface area contributed by atoms with Crippen molar-refractivity contribution < 1.29 is 9.59 Å². The number of carbonyl (C=O) groups is 2. The number of carbonyl (C=O) groups excluding carboxylic acids is 2. The Morgan fingerprint density at radius 1 is 1.26 bits per heavy atom. The van der Waals surface area contributed by atoms with E-state index in [-0.39, 0.29) is 30.6 Å². The molecule has 1 aromatic carbocycles. The predicted octanol–water partition coefficient (Wildman–Crippen LogP) is 2.24. The largest absolute Gasteiger partial charge is 0.325 e. The molecule has 7 heteroatoms. The molecule has 0 spiro atoms. The molecule has 1 fully saturated rings. The van der Waals surface area contributed by atoms with E-state index in [1.807, 2.05) is 18.7 Å². The molecule has 2 aliphatic heterocycles. The molecule has 124 valence electrons. The van der Waals surface area contributed by atoms with Gasteiger partial charge in [0.25, 0.3) is 0 Å². The van der Waals surface area contributed by atoms with Crippen molar-refractivity contribution in [3.8, 4) is 0 Å². The Labute approximate surface area is 141 Å². The first-order valence-corrected chi connectivity index (χ1v) is 8.12. The van der Waals surface area contributed by atoms with Crippen LogP contribution in [-0.2, 0) is 4.79 Å². The van der Waals surface area contributed by atoms with Gasteiger partial charge in [0.05, 0.1) is 11.4 Å². The fourth-order valence-corrected chi connectivity index (χ4v) is 3.69. The van der Waals surface area contributed by atoms with Crippen LogP contribution in [0.2, 0.25) is 5.02 Å². The van der Waals surface area contributed by atoms with Gasteiger partial charge in [0.1, 0.15) is 6.54 Å². The van der Waals surface area contributed by atoms with E-state index in [0.717, 1.165) is 13.1 Å². The van der Waals surface area contributed by atoms with Crippen LogP contribution < -0.4 is 10.2 Å². The van der Waals surface area contributed by atoms with E-state index in [1.165, 1.54) is 4.90 Å². The number of likely N-dealkylation sites (N-methyl/N-ethyl adjacent to an activating group) is 1. The zero-order chi connectivity index (χ0) is 16.7. The number of fused-ring (bicyclic) bond motifs is 1. The van der Waals surface area contributed by atoms with Crippen molar-refractivity contribution in [2.24, 2.45) is 0 Å². The third-order valence-corrected chi connectivity index (χ3v) is 4.61. The molecule has 1 N–H and O–H groups in total. The first-order chi connectivity index (χ1) is 10.9. The summed E-state index contributed by atoms with van der Waals surface area (Å²) in [6.45, 7) is 5.72. The van der Waals surface area contributed by atoms with E-state index < -0.39 is 0 Å². The molecule has 3 amide bonds. The Hall–Kier alpha value is -1.79. The number of halogens is 1. The summed E-state index contributed by atoms with van der Waals surface area (Å²) in [6.07, 6.45) is 0. The van der Waals surface area contributed by atoms with Gasteiger partial charge in [-0.3, -0.25) is 9.69 Å². The van der Waals surface area contributed by atoms with Crippen molar-refractivity contribution in [1.29, 1.82) is 0 Å². The lowest BCUT2D eigenvalue weighted by atomic mass is 10.1. The fourth-order valence-electron chi connectivity index (χ4n) is 3.53.